The molecule has 108 valence electrons. The predicted molar refractivity (Wildman–Crippen MR) is 79.1 cm³/mol. The summed E-state index contributed by atoms with van der Waals surface area (Å²) in [5, 5.41) is 13.9. The third kappa shape index (κ3) is 4.35. The minimum atomic E-state index is -1.12. The molecule has 0 aliphatic carbocycles. The number of benzene rings is 2. The van der Waals surface area contributed by atoms with Gasteiger partial charge in [0.2, 0.25) is 0 Å². The summed E-state index contributed by atoms with van der Waals surface area (Å²) >= 11 is 0. The molecule has 0 aliphatic rings. The van der Waals surface area contributed by atoms with Gasteiger partial charge in [-0.25, -0.2) is 4.79 Å². The maximum absolute atomic E-state index is 12.2. The lowest BCUT2D eigenvalue weighted by molar-refractivity contribution is 0.0935. The molecule has 21 heavy (non-hydrogen) atoms. The van der Waals surface area contributed by atoms with Crippen LogP contribution in [0.1, 0.15) is 22.0 Å². The average Bonchev–Trinajstić information content (AvgIpc) is 2.52. The number of carbonyl (C=O) groups is 2. The van der Waals surface area contributed by atoms with Crippen LogP contribution >= 0.6 is 0 Å². The molecule has 1 atom stereocenters. The molecule has 3 N–H and O–H groups in total. The largest absolute Gasteiger partial charge is 0.465 e. The Morgan fingerprint density at radius 1 is 0.952 bits per heavy atom. The first kappa shape index (κ1) is 14.6. The third-order valence-corrected chi connectivity index (χ3v) is 3.00. The van der Waals surface area contributed by atoms with E-state index in [4.69, 9.17) is 5.11 Å². The van der Waals surface area contributed by atoms with Crippen LogP contribution in [0.4, 0.5) is 4.79 Å². The Kier molecular flexibility index (Phi) is 4.93. The van der Waals surface area contributed by atoms with Crippen LogP contribution in [0.15, 0.2) is 60.7 Å². The van der Waals surface area contributed by atoms with E-state index in [2.05, 4.69) is 10.6 Å². The van der Waals surface area contributed by atoms with E-state index < -0.39 is 12.1 Å². The molecule has 0 aromatic heterocycles. The van der Waals surface area contributed by atoms with Crippen LogP contribution in [0.25, 0.3) is 0 Å². The van der Waals surface area contributed by atoms with Crippen molar-refractivity contribution in [3.8, 4) is 0 Å². The SMILES string of the molecule is O=C(O)NCC(NC(=O)c1ccccc1)c1ccccc1. The van der Waals surface area contributed by atoms with Gasteiger partial charge in [-0.2, -0.15) is 0 Å². The zero-order chi connectivity index (χ0) is 15.1. The van der Waals surface area contributed by atoms with E-state index >= 15 is 0 Å². The van der Waals surface area contributed by atoms with Crippen molar-refractivity contribution in [1.29, 1.82) is 0 Å². The highest BCUT2D eigenvalue weighted by molar-refractivity contribution is 5.94. The molecule has 0 spiro atoms. The van der Waals surface area contributed by atoms with E-state index in [0.29, 0.717) is 5.56 Å². The molecule has 0 saturated heterocycles. The van der Waals surface area contributed by atoms with Crippen molar-refractivity contribution >= 4 is 12.0 Å². The highest BCUT2D eigenvalue weighted by atomic mass is 16.4. The quantitative estimate of drug-likeness (QED) is 0.789. The summed E-state index contributed by atoms with van der Waals surface area (Å²) in [6.45, 7) is 0.109. The lowest BCUT2D eigenvalue weighted by Crippen LogP contribution is -2.37. The molecule has 5 heteroatoms. The molecule has 0 saturated carbocycles. The average molecular weight is 284 g/mol. The summed E-state index contributed by atoms with van der Waals surface area (Å²) in [6, 6.07) is 17.6. The number of carboxylic acid groups (broad SMARTS) is 1. The van der Waals surface area contributed by atoms with Gasteiger partial charge in [0.25, 0.3) is 5.91 Å². The van der Waals surface area contributed by atoms with Crippen LogP contribution in [0.2, 0.25) is 0 Å². The Morgan fingerprint density at radius 3 is 2.10 bits per heavy atom. The standard InChI is InChI=1S/C16H16N2O3/c19-15(13-9-5-2-6-10-13)18-14(11-17-16(20)21)12-7-3-1-4-8-12/h1-10,14,17H,11H2,(H,18,19)(H,20,21). The van der Waals surface area contributed by atoms with Crippen molar-refractivity contribution in [3.05, 3.63) is 71.8 Å². The lowest BCUT2D eigenvalue weighted by Gasteiger charge is -2.19. The van der Waals surface area contributed by atoms with Gasteiger partial charge in [0.05, 0.1) is 6.04 Å². The Morgan fingerprint density at radius 2 is 1.52 bits per heavy atom. The van der Waals surface area contributed by atoms with Gasteiger partial charge < -0.3 is 15.7 Å². The molecule has 0 heterocycles. The fourth-order valence-corrected chi connectivity index (χ4v) is 1.96. The second-order valence-corrected chi connectivity index (χ2v) is 4.49. The van der Waals surface area contributed by atoms with Gasteiger partial charge >= 0.3 is 6.09 Å². The molecule has 0 fully saturated rings. The molecule has 0 aliphatic heterocycles. The van der Waals surface area contributed by atoms with E-state index in [9.17, 15) is 9.59 Å². The molecular formula is C16H16N2O3. The van der Waals surface area contributed by atoms with E-state index in [1.165, 1.54) is 0 Å². The third-order valence-electron chi connectivity index (χ3n) is 3.00. The normalized spacial score (nSPS) is 11.4. The second-order valence-electron chi connectivity index (χ2n) is 4.49. The number of nitrogens with one attached hydrogen (secondary N) is 2. The Balaban J connectivity index is 2.12. The van der Waals surface area contributed by atoms with Crippen LogP contribution in [0, 0.1) is 0 Å². The molecule has 1 unspecified atom stereocenters. The van der Waals surface area contributed by atoms with Gasteiger partial charge in [0.15, 0.2) is 0 Å². The summed E-state index contributed by atoms with van der Waals surface area (Å²) in [6.07, 6.45) is -1.12. The monoisotopic (exact) mass is 284 g/mol. The summed E-state index contributed by atoms with van der Waals surface area (Å²) in [7, 11) is 0. The molecule has 2 rings (SSSR count). The molecular weight excluding hydrogens is 268 g/mol. The lowest BCUT2D eigenvalue weighted by atomic mass is 10.1. The Hall–Kier alpha value is -2.82. The smallest absolute Gasteiger partial charge is 0.404 e. The number of rotatable bonds is 5. The van der Waals surface area contributed by atoms with Crippen LogP contribution in [-0.2, 0) is 0 Å². The van der Waals surface area contributed by atoms with Gasteiger partial charge in [-0.1, -0.05) is 48.5 Å². The topological polar surface area (TPSA) is 78.4 Å². The van der Waals surface area contributed by atoms with Crippen molar-refractivity contribution in [1.82, 2.24) is 10.6 Å². The molecule has 2 aromatic carbocycles. The van der Waals surface area contributed by atoms with Crippen LogP contribution in [0.3, 0.4) is 0 Å². The summed E-state index contributed by atoms with van der Waals surface area (Å²) < 4.78 is 0. The number of carbonyl (C=O) groups excluding carboxylic acids is 1. The summed E-state index contributed by atoms with van der Waals surface area (Å²) in [5.41, 5.74) is 1.38. The van der Waals surface area contributed by atoms with E-state index in [0.717, 1.165) is 5.56 Å². The molecule has 2 aromatic rings. The fraction of sp³-hybridized carbons (Fsp3) is 0.125. The minimum absolute atomic E-state index is 0.109. The first-order valence-corrected chi connectivity index (χ1v) is 6.54. The van der Waals surface area contributed by atoms with Gasteiger partial charge in [-0.15, -0.1) is 0 Å². The highest BCUT2D eigenvalue weighted by Crippen LogP contribution is 2.12. The molecule has 0 radical (unpaired) electrons. The van der Waals surface area contributed by atoms with E-state index in [-0.39, 0.29) is 12.5 Å². The maximum atomic E-state index is 12.2. The fourth-order valence-electron chi connectivity index (χ4n) is 1.96. The zero-order valence-electron chi connectivity index (χ0n) is 11.3. The van der Waals surface area contributed by atoms with Crippen molar-refractivity contribution in [2.45, 2.75) is 6.04 Å². The summed E-state index contributed by atoms with van der Waals surface area (Å²) in [5.74, 6) is -0.239. The number of amides is 2. The van der Waals surface area contributed by atoms with Gasteiger partial charge in [0, 0.05) is 12.1 Å². The van der Waals surface area contributed by atoms with Crippen molar-refractivity contribution in [3.63, 3.8) is 0 Å². The minimum Gasteiger partial charge on any atom is -0.465 e. The highest BCUT2D eigenvalue weighted by Gasteiger charge is 2.16. The first-order valence-electron chi connectivity index (χ1n) is 6.54. The number of hydrogen-bond acceptors (Lipinski definition) is 2. The van der Waals surface area contributed by atoms with Gasteiger partial charge in [-0.05, 0) is 17.7 Å². The Bertz CT molecular complexity index is 599. The first-order chi connectivity index (χ1) is 10.2. The van der Waals surface area contributed by atoms with E-state index in [1.54, 1.807) is 24.3 Å². The van der Waals surface area contributed by atoms with Crippen molar-refractivity contribution in [2.24, 2.45) is 0 Å². The van der Waals surface area contributed by atoms with E-state index in [1.807, 2.05) is 36.4 Å². The zero-order valence-corrected chi connectivity index (χ0v) is 11.3. The van der Waals surface area contributed by atoms with Crippen molar-refractivity contribution in [2.75, 3.05) is 6.54 Å². The van der Waals surface area contributed by atoms with Crippen LogP contribution in [-0.4, -0.2) is 23.7 Å². The van der Waals surface area contributed by atoms with Gasteiger partial charge in [0.1, 0.15) is 0 Å². The number of hydrogen-bond donors (Lipinski definition) is 3. The maximum Gasteiger partial charge on any atom is 0.404 e. The second kappa shape index (κ2) is 7.09. The Labute approximate surface area is 122 Å². The van der Waals surface area contributed by atoms with Crippen molar-refractivity contribution < 1.29 is 14.7 Å². The summed E-state index contributed by atoms with van der Waals surface area (Å²) in [4.78, 5) is 22.9. The van der Waals surface area contributed by atoms with Crippen LogP contribution in [0.5, 0.6) is 0 Å². The molecule has 5 nitrogen and oxygen atoms in total. The molecule has 2 amide bonds. The predicted octanol–water partition coefficient (Wildman–Crippen LogP) is 2.43. The molecule has 0 bridgehead atoms. The van der Waals surface area contributed by atoms with Crippen LogP contribution < -0.4 is 10.6 Å². The van der Waals surface area contributed by atoms with Gasteiger partial charge in [-0.3, -0.25) is 4.79 Å².